The highest BCUT2D eigenvalue weighted by Gasteiger charge is 2.24. The van der Waals surface area contributed by atoms with Crippen LogP contribution in [0.4, 0.5) is 4.79 Å². The number of carbonyl (C=O) groups excluding carboxylic acids is 1. The van der Waals surface area contributed by atoms with Gasteiger partial charge in [0.05, 0.1) is 0 Å². The predicted octanol–water partition coefficient (Wildman–Crippen LogP) is 2.69. The first kappa shape index (κ1) is 21.2. The number of carbonyl (C=O) groups is 1. The second-order valence-corrected chi connectivity index (χ2v) is 8.58. The molecule has 2 N–H and O–H groups in total. The van der Waals surface area contributed by atoms with Gasteiger partial charge in [-0.1, -0.05) is 5.92 Å². The monoisotopic (exact) mass is 373 g/mol. The molecule has 0 bridgehead atoms. The molecule has 148 valence electrons. The molecule has 0 spiro atoms. The minimum Gasteiger partial charge on any atom is -0.444 e. The minimum atomic E-state index is -1.04. The summed E-state index contributed by atoms with van der Waals surface area (Å²) in [5.41, 5.74) is 0.235. The first-order valence-electron chi connectivity index (χ1n) is 9.42. The number of hydrogen-bond acceptors (Lipinski definition) is 5. The molecule has 0 unspecified atom stereocenters. The van der Waals surface area contributed by atoms with Gasteiger partial charge in [0.2, 0.25) is 0 Å². The smallest absolute Gasteiger partial charge is 0.407 e. The van der Waals surface area contributed by atoms with Gasteiger partial charge in [-0.2, -0.15) is 0 Å². The number of rotatable bonds is 3. The molecular formula is C21H31N3O3. The van der Waals surface area contributed by atoms with E-state index in [0.717, 1.165) is 38.0 Å². The molecule has 1 fully saturated rings. The lowest BCUT2D eigenvalue weighted by Gasteiger charge is -2.33. The van der Waals surface area contributed by atoms with Crippen LogP contribution in [0.2, 0.25) is 0 Å². The van der Waals surface area contributed by atoms with Crippen LogP contribution in [0, 0.1) is 11.8 Å². The first-order valence-corrected chi connectivity index (χ1v) is 9.42. The van der Waals surface area contributed by atoms with Crippen molar-refractivity contribution >= 4 is 6.09 Å². The Labute approximate surface area is 162 Å². The maximum absolute atomic E-state index is 12.0. The molecule has 0 aromatic carbocycles. The van der Waals surface area contributed by atoms with Crippen molar-refractivity contribution in [3.8, 4) is 11.8 Å². The van der Waals surface area contributed by atoms with Gasteiger partial charge in [-0.25, -0.2) is 9.78 Å². The third-order valence-corrected chi connectivity index (χ3v) is 3.95. The number of aliphatic hydroxyl groups is 1. The molecule has 27 heavy (non-hydrogen) atoms. The Morgan fingerprint density at radius 2 is 2.15 bits per heavy atom. The molecule has 0 radical (unpaired) electrons. The van der Waals surface area contributed by atoms with Crippen LogP contribution in [0.5, 0.6) is 0 Å². The van der Waals surface area contributed by atoms with Gasteiger partial charge >= 0.3 is 6.09 Å². The van der Waals surface area contributed by atoms with E-state index < -0.39 is 11.2 Å². The molecule has 1 atom stereocenters. The zero-order valence-electron chi connectivity index (χ0n) is 17.0. The number of likely N-dealkylation sites (tertiary alicyclic amines) is 1. The van der Waals surface area contributed by atoms with E-state index in [1.165, 1.54) is 0 Å². The Bertz CT molecular complexity index is 708. The van der Waals surface area contributed by atoms with Crippen molar-refractivity contribution in [2.24, 2.45) is 0 Å². The lowest BCUT2D eigenvalue weighted by molar-refractivity contribution is 0.0470. The van der Waals surface area contributed by atoms with Gasteiger partial charge in [0.15, 0.2) is 0 Å². The van der Waals surface area contributed by atoms with Crippen LogP contribution in [-0.2, 0) is 11.3 Å². The average Bonchev–Trinajstić information content (AvgIpc) is 2.51. The lowest BCUT2D eigenvalue weighted by atomic mass is 10.0. The number of alkyl carbamates (subject to hydrolysis) is 1. The van der Waals surface area contributed by atoms with E-state index in [9.17, 15) is 9.90 Å². The van der Waals surface area contributed by atoms with Crippen molar-refractivity contribution in [2.45, 2.75) is 71.2 Å². The Morgan fingerprint density at radius 1 is 1.41 bits per heavy atom. The van der Waals surface area contributed by atoms with Crippen molar-refractivity contribution in [2.75, 3.05) is 13.1 Å². The number of nitrogens with zero attached hydrogens (tertiary/aromatic N) is 2. The van der Waals surface area contributed by atoms with Gasteiger partial charge in [-0.3, -0.25) is 4.90 Å². The summed E-state index contributed by atoms with van der Waals surface area (Å²) >= 11 is 0. The maximum atomic E-state index is 12.0. The number of piperidine rings is 1. The normalized spacial score (nSPS) is 18.4. The summed E-state index contributed by atoms with van der Waals surface area (Å²) in [6, 6.07) is 4.01. The molecule has 6 nitrogen and oxygen atoms in total. The number of pyridine rings is 1. The molecule has 1 aromatic rings. The summed E-state index contributed by atoms with van der Waals surface area (Å²) in [5.74, 6) is 5.70. The summed E-state index contributed by atoms with van der Waals surface area (Å²) in [5, 5.41) is 12.7. The quantitative estimate of drug-likeness (QED) is 0.797. The third kappa shape index (κ3) is 8.42. The molecule has 1 aliphatic heterocycles. The fourth-order valence-electron chi connectivity index (χ4n) is 2.91. The van der Waals surface area contributed by atoms with Crippen LogP contribution in [0.25, 0.3) is 0 Å². The van der Waals surface area contributed by atoms with Crippen molar-refractivity contribution in [1.29, 1.82) is 0 Å². The largest absolute Gasteiger partial charge is 0.444 e. The molecular weight excluding hydrogens is 342 g/mol. The summed E-state index contributed by atoms with van der Waals surface area (Å²) in [4.78, 5) is 18.6. The molecule has 6 heteroatoms. The van der Waals surface area contributed by atoms with Gasteiger partial charge in [0, 0.05) is 25.3 Å². The molecule has 1 saturated heterocycles. The summed E-state index contributed by atoms with van der Waals surface area (Å²) < 4.78 is 5.35. The number of ether oxygens (including phenoxy) is 1. The van der Waals surface area contributed by atoms with Gasteiger partial charge in [0.1, 0.15) is 16.9 Å². The van der Waals surface area contributed by atoms with Crippen molar-refractivity contribution in [3.05, 3.63) is 29.6 Å². The zero-order valence-corrected chi connectivity index (χ0v) is 17.0. The fraction of sp³-hybridized carbons (Fsp3) is 0.619. The topological polar surface area (TPSA) is 74.7 Å². The third-order valence-electron chi connectivity index (χ3n) is 3.95. The van der Waals surface area contributed by atoms with Gasteiger partial charge < -0.3 is 15.2 Å². The number of amides is 1. The molecule has 0 aliphatic carbocycles. The Morgan fingerprint density at radius 3 is 2.81 bits per heavy atom. The standard InChI is InChI=1S/C21H31N3O3/c1-20(2,3)27-19(25)23-18-7-6-12-24(15-18)14-16-9-11-22-17(13-16)8-10-21(4,5)26/h9,11,13,18,26H,6-7,12,14-15H2,1-5H3,(H,23,25)/t18-/m1/s1. The highest BCUT2D eigenvalue weighted by atomic mass is 16.6. The van der Waals surface area contributed by atoms with E-state index in [4.69, 9.17) is 4.74 Å². The average molecular weight is 373 g/mol. The predicted molar refractivity (Wildman–Crippen MR) is 105 cm³/mol. The van der Waals surface area contributed by atoms with Crippen LogP contribution >= 0.6 is 0 Å². The Hall–Kier alpha value is -2.10. The highest BCUT2D eigenvalue weighted by Crippen LogP contribution is 2.15. The second-order valence-electron chi connectivity index (χ2n) is 8.58. The minimum absolute atomic E-state index is 0.0879. The summed E-state index contributed by atoms with van der Waals surface area (Å²) in [7, 11) is 0. The SMILES string of the molecule is CC(C)(O)C#Cc1cc(CN2CCC[C@@H](NC(=O)OC(C)(C)C)C2)ccn1. The molecule has 1 amide bonds. The van der Waals surface area contributed by atoms with Crippen LogP contribution in [0.3, 0.4) is 0 Å². The van der Waals surface area contributed by atoms with Gasteiger partial charge in [-0.05, 0) is 77.6 Å². The van der Waals surface area contributed by atoms with Crippen LogP contribution < -0.4 is 5.32 Å². The molecule has 1 aliphatic rings. The number of hydrogen-bond donors (Lipinski definition) is 2. The fourth-order valence-corrected chi connectivity index (χ4v) is 2.91. The van der Waals surface area contributed by atoms with E-state index in [0.29, 0.717) is 5.69 Å². The molecule has 2 rings (SSSR count). The van der Waals surface area contributed by atoms with E-state index in [2.05, 4.69) is 27.0 Å². The molecule has 1 aromatic heterocycles. The lowest BCUT2D eigenvalue weighted by Crippen LogP contribution is -2.48. The zero-order chi connectivity index (χ0) is 20.1. The Balaban J connectivity index is 1.93. The van der Waals surface area contributed by atoms with Crippen molar-refractivity contribution in [3.63, 3.8) is 0 Å². The summed E-state index contributed by atoms with van der Waals surface area (Å²) in [6.07, 6.45) is 3.36. The van der Waals surface area contributed by atoms with E-state index in [1.54, 1.807) is 20.0 Å². The van der Waals surface area contributed by atoms with E-state index in [-0.39, 0.29) is 12.1 Å². The van der Waals surface area contributed by atoms with Crippen LogP contribution in [0.15, 0.2) is 18.3 Å². The number of nitrogens with one attached hydrogen (secondary N) is 1. The van der Waals surface area contributed by atoms with Crippen molar-refractivity contribution in [1.82, 2.24) is 15.2 Å². The van der Waals surface area contributed by atoms with Gasteiger partial charge in [0.25, 0.3) is 0 Å². The van der Waals surface area contributed by atoms with E-state index in [1.807, 2.05) is 32.9 Å². The molecule has 0 saturated carbocycles. The van der Waals surface area contributed by atoms with Crippen LogP contribution in [-0.4, -0.2) is 51.4 Å². The Kier molecular flexibility index (Phi) is 6.85. The van der Waals surface area contributed by atoms with E-state index >= 15 is 0 Å². The highest BCUT2D eigenvalue weighted by molar-refractivity contribution is 5.68. The maximum Gasteiger partial charge on any atom is 0.407 e. The number of aromatic nitrogens is 1. The van der Waals surface area contributed by atoms with Crippen LogP contribution in [0.1, 0.15) is 58.7 Å². The van der Waals surface area contributed by atoms with Crippen molar-refractivity contribution < 1.29 is 14.6 Å². The molecule has 2 heterocycles. The summed E-state index contributed by atoms with van der Waals surface area (Å²) in [6.45, 7) is 11.4. The second kappa shape index (κ2) is 8.73. The first-order chi connectivity index (χ1) is 12.5. The van der Waals surface area contributed by atoms with Gasteiger partial charge in [-0.15, -0.1) is 0 Å².